The number of fused-ring (bicyclic) bond motifs is 4. The number of carbonyl (C=O) groups is 1. The minimum absolute atomic E-state index is 0.0256. The molecule has 1 N–H and O–H groups in total. The van der Waals surface area contributed by atoms with Gasteiger partial charge in [-0.05, 0) is 137 Å². The number of amides is 1. The number of allylic oxidation sites excluding steroid dienone is 1. The summed E-state index contributed by atoms with van der Waals surface area (Å²) in [4.78, 5) is 18.5. The van der Waals surface area contributed by atoms with Crippen molar-refractivity contribution in [3.05, 3.63) is 70.3 Å². The first-order chi connectivity index (χ1) is 24.1. The maximum atomic E-state index is 13.5. The van der Waals surface area contributed by atoms with Gasteiger partial charge in [0, 0.05) is 42.2 Å². The maximum Gasteiger partial charge on any atom is 0.264 e. The molecule has 7 rings (SSSR count). The van der Waals surface area contributed by atoms with Crippen LogP contribution >= 0.6 is 11.6 Å². The molecule has 6 unspecified atom stereocenters. The van der Waals surface area contributed by atoms with E-state index in [1.165, 1.54) is 43.5 Å². The molecule has 50 heavy (non-hydrogen) atoms. The average molecular weight is 724 g/mol. The van der Waals surface area contributed by atoms with E-state index < -0.39 is 21.2 Å². The highest BCUT2D eigenvalue weighted by molar-refractivity contribution is 7.90. The number of piperidine rings is 1. The standard InChI is InChI=1S/C40H54ClN3O5S/c1-28-9-6-11-37(48-22-8-21-43-19-4-3-5-20-43)34-15-12-32(34)25-44-26-40(18-7-10-30-23-33(41)14-16-35(30)40)27-49-38-17-13-31(24-36(38)44)39(45)42-50(46,47)29(28)2/h6,11,13-14,16-17,23-24,28-29,32,34,37H,3-5,7-10,12,15,18-22,25-27H2,1-2H3,(H,42,45)/b11-6+. The summed E-state index contributed by atoms with van der Waals surface area (Å²) >= 11 is 6.47. The lowest BCUT2D eigenvalue weighted by molar-refractivity contribution is -0.0170. The number of rotatable bonds is 5. The number of carbonyl (C=O) groups excluding carboxylic acids is 1. The molecule has 8 nitrogen and oxygen atoms in total. The Morgan fingerprint density at radius 3 is 2.70 bits per heavy atom. The molecule has 3 heterocycles. The monoisotopic (exact) mass is 723 g/mol. The van der Waals surface area contributed by atoms with Gasteiger partial charge in [-0.1, -0.05) is 43.2 Å². The molecule has 1 saturated heterocycles. The second-order valence-corrected chi connectivity index (χ2v) is 18.2. The third kappa shape index (κ3) is 7.62. The number of likely N-dealkylation sites (tertiary alicyclic amines) is 1. The molecule has 2 fully saturated rings. The third-order valence-electron chi connectivity index (χ3n) is 12.4. The Bertz CT molecular complexity index is 1680. The van der Waals surface area contributed by atoms with Gasteiger partial charge in [-0.25, -0.2) is 13.1 Å². The quantitative estimate of drug-likeness (QED) is 0.259. The zero-order chi connectivity index (χ0) is 34.9. The van der Waals surface area contributed by atoms with Gasteiger partial charge in [0.2, 0.25) is 10.0 Å². The van der Waals surface area contributed by atoms with Crippen molar-refractivity contribution in [1.29, 1.82) is 0 Å². The summed E-state index contributed by atoms with van der Waals surface area (Å²) in [7, 11) is -3.91. The molecular weight excluding hydrogens is 670 g/mol. The normalized spacial score (nSPS) is 32.1. The number of ether oxygens (including phenoxy) is 2. The molecule has 0 radical (unpaired) electrons. The van der Waals surface area contributed by atoms with Crippen LogP contribution in [-0.2, 0) is 26.6 Å². The summed E-state index contributed by atoms with van der Waals surface area (Å²) in [6.45, 7) is 9.88. The van der Waals surface area contributed by atoms with Crippen molar-refractivity contribution in [1.82, 2.24) is 9.62 Å². The third-order valence-corrected chi connectivity index (χ3v) is 14.5. The van der Waals surface area contributed by atoms with E-state index in [-0.39, 0.29) is 17.4 Å². The smallest absolute Gasteiger partial charge is 0.264 e. The van der Waals surface area contributed by atoms with Crippen molar-refractivity contribution in [2.45, 2.75) is 94.8 Å². The largest absolute Gasteiger partial charge is 0.490 e. The summed E-state index contributed by atoms with van der Waals surface area (Å²) in [5.41, 5.74) is 3.51. The summed E-state index contributed by atoms with van der Waals surface area (Å²) in [6, 6.07) is 11.7. The van der Waals surface area contributed by atoms with Crippen LogP contribution in [0.4, 0.5) is 5.69 Å². The van der Waals surface area contributed by atoms with Crippen molar-refractivity contribution in [2.75, 3.05) is 50.8 Å². The highest BCUT2D eigenvalue weighted by Gasteiger charge is 2.44. The Balaban J connectivity index is 1.21. The van der Waals surface area contributed by atoms with E-state index in [1.54, 1.807) is 13.0 Å². The number of halogens is 1. The van der Waals surface area contributed by atoms with Crippen LogP contribution in [0.3, 0.4) is 0 Å². The number of hydrogen-bond acceptors (Lipinski definition) is 7. The van der Waals surface area contributed by atoms with E-state index in [1.807, 2.05) is 25.1 Å². The van der Waals surface area contributed by atoms with E-state index in [2.05, 4.69) is 38.8 Å². The number of benzene rings is 2. The van der Waals surface area contributed by atoms with E-state index in [0.29, 0.717) is 37.0 Å². The Morgan fingerprint density at radius 2 is 1.90 bits per heavy atom. The number of sulfonamides is 1. The van der Waals surface area contributed by atoms with Crippen LogP contribution in [0.5, 0.6) is 5.75 Å². The predicted octanol–water partition coefficient (Wildman–Crippen LogP) is 7.14. The van der Waals surface area contributed by atoms with Crippen molar-refractivity contribution < 1.29 is 22.7 Å². The lowest BCUT2D eigenvalue weighted by atomic mass is 9.68. The minimum atomic E-state index is -3.91. The van der Waals surface area contributed by atoms with Crippen molar-refractivity contribution >= 4 is 33.2 Å². The zero-order valence-corrected chi connectivity index (χ0v) is 31.3. The molecule has 1 saturated carbocycles. The van der Waals surface area contributed by atoms with E-state index in [9.17, 15) is 13.2 Å². The van der Waals surface area contributed by atoms with Gasteiger partial charge in [0.1, 0.15) is 5.75 Å². The number of nitrogens with one attached hydrogen (secondary N) is 1. The van der Waals surface area contributed by atoms with Crippen LogP contribution in [-0.4, -0.2) is 76.5 Å². The van der Waals surface area contributed by atoms with Crippen LogP contribution in [0.2, 0.25) is 5.02 Å². The van der Waals surface area contributed by atoms with Crippen LogP contribution in [0.15, 0.2) is 48.6 Å². The average Bonchev–Trinajstić information content (AvgIpc) is 3.24. The molecule has 2 aromatic carbocycles. The summed E-state index contributed by atoms with van der Waals surface area (Å²) < 4.78 is 42.7. The van der Waals surface area contributed by atoms with Crippen LogP contribution in [0.25, 0.3) is 0 Å². The van der Waals surface area contributed by atoms with E-state index in [4.69, 9.17) is 21.1 Å². The second-order valence-electron chi connectivity index (χ2n) is 15.7. The first-order valence-corrected chi connectivity index (χ1v) is 20.9. The molecule has 0 aromatic heterocycles. The summed E-state index contributed by atoms with van der Waals surface area (Å²) in [6.07, 6.45) is 15.1. The second kappa shape index (κ2) is 15.2. The first kappa shape index (κ1) is 35.8. The maximum absolute atomic E-state index is 13.5. The van der Waals surface area contributed by atoms with Gasteiger partial charge in [-0.3, -0.25) is 4.79 Å². The predicted molar refractivity (Wildman–Crippen MR) is 200 cm³/mol. The van der Waals surface area contributed by atoms with E-state index >= 15 is 0 Å². The minimum Gasteiger partial charge on any atom is -0.490 e. The topological polar surface area (TPSA) is 88.2 Å². The Morgan fingerprint density at radius 1 is 1.06 bits per heavy atom. The Kier molecular flexibility index (Phi) is 10.9. The number of hydrogen-bond donors (Lipinski definition) is 1. The van der Waals surface area contributed by atoms with Gasteiger partial charge in [0.25, 0.3) is 5.91 Å². The molecule has 2 bridgehead atoms. The first-order valence-electron chi connectivity index (χ1n) is 19.0. The molecule has 10 heteroatoms. The number of anilines is 1. The molecule has 2 aliphatic carbocycles. The van der Waals surface area contributed by atoms with Gasteiger partial charge in [-0.2, -0.15) is 0 Å². The van der Waals surface area contributed by atoms with Crippen LogP contribution in [0.1, 0.15) is 93.1 Å². The van der Waals surface area contributed by atoms with Crippen molar-refractivity contribution in [2.24, 2.45) is 17.8 Å². The van der Waals surface area contributed by atoms with Gasteiger partial charge < -0.3 is 19.3 Å². The molecule has 5 aliphatic rings. The fraction of sp³-hybridized carbons (Fsp3) is 0.625. The van der Waals surface area contributed by atoms with Gasteiger partial charge in [0.05, 0.1) is 23.6 Å². The Hall–Kier alpha value is -2.59. The van der Waals surface area contributed by atoms with Gasteiger partial charge >= 0.3 is 0 Å². The summed E-state index contributed by atoms with van der Waals surface area (Å²) in [5.74, 6) is 0.711. The van der Waals surface area contributed by atoms with Crippen molar-refractivity contribution in [3.8, 4) is 5.75 Å². The van der Waals surface area contributed by atoms with Gasteiger partial charge in [-0.15, -0.1) is 0 Å². The molecular formula is C40H54ClN3O5S. The molecule has 2 aromatic rings. The molecule has 6 atom stereocenters. The Labute approximate surface area is 304 Å². The van der Waals surface area contributed by atoms with Crippen LogP contribution < -0.4 is 14.4 Å². The fourth-order valence-corrected chi connectivity index (χ4v) is 10.5. The highest BCUT2D eigenvalue weighted by Crippen LogP contribution is 2.47. The molecule has 272 valence electrons. The fourth-order valence-electron chi connectivity index (χ4n) is 9.01. The molecule has 1 amide bonds. The zero-order valence-electron chi connectivity index (χ0n) is 29.7. The molecule has 1 spiro atoms. The van der Waals surface area contributed by atoms with Crippen molar-refractivity contribution in [3.63, 3.8) is 0 Å². The van der Waals surface area contributed by atoms with Crippen LogP contribution in [0, 0.1) is 17.8 Å². The number of aryl methyl sites for hydroxylation is 1. The SMILES string of the molecule is CC1C/C=C/C(OCCCN2CCCCC2)C2CCC2CN2CC3(CCCc4cc(Cl)ccc43)COc3ccc(cc32)C(=O)NS(=O)(=O)C1C. The number of nitrogens with zero attached hydrogens (tertiary/aromatic N) is 2. The van der Waals surface area contributed by atoms with Gasteiger partial charge in [0.15, 0.2) is 0 Å². The summed E-state index contributed by atoms with van der Waals surface area (Å²) in [5, 5.41) is 0.00931. The lowest BCUT2D eigenvalue weighted by Crippen LogP contribution is -2.49. The van der Waals surface area contributed by atoms with E-state index in [0.717, 1.165) is 74.6 Å². The molecule has 3 aliphatic heterocycles. The lowest BCUT2D eigenvalue weighted by Gasteiger charge is -2.46. The highest BCUT2D eigenvalue weighted by atomic mass is 35.5.